The van der Waals surface area contributed by atoms with E-state index in [0.717, 1.165) is 24.5 Å². The molecule has 1 heterocycles. The summed E-state index contributed by atoms with van der Waals surface area (Å²) >= 11 is 1.86. The number of carbonyl (C=O) groups excluding carboxylic acids is 2. The lowest BCUT2D eigenvalue weighted by molar-refractivity contribution is -0.129. The fourth-order valence-electron chi connectivity index (χ4n) is 1.81. The third-order valence-electron chi connectivity index (χ3n) is 3.20. The number of carbonyl (C=O) groups is 2. The number of amides is 2. The van der Waals surface area contributed by atoms with Crippen molar-refractivity contribution in [3.63, 3.8) is 0 Å². The zero-order valence-corrected chi connectivity index (χ0v) is 12.8. The summed E-state index contributed by atoms with van der Waals surface area (Å²) in [5.41, 5.74) is 0. The van der Waals surface area contributed by atoms with Gasteiger partial charge in [-0.25, -0.2) is 0 Å². The largest absolute Gasteiger partial charge is 0.352 e. The van der Waals surface area contributed by atoms with Crippen LogP contribution in [0.4, 0.5) is 0 Å². The van der Waals surface area contributed by atoms with E-state index in [4.69, 9.17) is 0 Å². The van der Waals surface area contributed by atoms with E-state index < -0.39 is 6.04 Å². The zero-order chi connectivity index (χ0) is 14.3. The van der Waals surface area contributed by atoms with Crippen LogP contribution in [0, 0.1) is 0 Å². The Morgan fingerprint density at radius 1 is 1.37 bits per heavy atom. The average molecular weight is 287 g/mol. The van der Waals surface area contributed by atoms with Gasteiger partial charge in [-0.15, -0.1) is 0 Å². The van der Waals surface area contributed by atoms with Crippen molar-refractivity contribution >= 4 is 23.6 Å². The Balaban J connectivity index is 2.28. The van der Waals surface area contributed by atoms with E-state index in [0.29, 0.717) is 6.42 Å². The van der Waals surface area contributed by atoms with Gasteiger partial charge < -0.3 is 16.0 Å². The van der Waals surface area contributed by atoms with Crippen molar-refractivity contribution in [2.75, 3.05) is 18.1 Å². The summed E-state index contributed by atoms with van der Waals surface area (Å²) in [5, 5.41) is 8.93. The highest BCUT2D eigenvalue weighted by molar-refractivity contribution is 7.99. The van der Waals surface area contributed by atoms with E-state index in [9.17, 15) is 9.59 Å². The van der Waals surface area contributed by atoms with Crippen LogP contribution in [0.25, 0.3) is 0 Å². The van der Waals surface area contributed by atoms with Crippen LogP contribution in [0.2, 0.25) is 0 Å². The summed E-state index contributed by atoms with van der Waals surface area (Å²) in [6.07, 6.45) is 1.32. The van der Waals surface area contributed by atoms with Gasteiger partial charge in [0.25, 0.3) is 0 Å². The minimum atomic E-state index is -0.474. The van der Waals surface area contributed by atoms with Crippen LogP contribution in [0.3, 0.4) is 0 Å². The smallest absolute Gasteiger partial charge is 0.242 e. The maximum Gasteiger partial charge on any atom is 0.242 e. The van der Waals surface area contributed by atoms with Crippen LogP contribution in [0.5, 0.6) is 0 Å². The average Bonchev–Trinajstić information content (AvgIpc) is 2.39. The topological polar surface area (TPSA) is 70.2 Å². The van der Waals surface area contributed by atoms with E-state index >= 15 is 0 Å². The first-order chi connectivity index (χ1) is 9.02. The first-order valence-corrected chi connectivity index (χ1v) is 8.09. The summed E-state index contributed by atoms with van der Waals surface area (Å²) < 4.78 is 0. The Morgan fingerprint density at radius 2 is 2.11 bits per heavy atom. The van der Waals surface area contributed by atoms with Crippen molar-refractivity contribution in [2.45, 2.75) is 51.7 Å². The first-order valence-electron chi connectivity index (χ1n) is 6.93. The van der Waals surface area contributed by atoms with Crippen molar-refractivity contribution in [3.05, 3.63) is 0 Å². The second-order valence-corrected chi connectivity index (χ2v) is 6.19. The van der Waals surface area contributed by atoms with Gasteiger partial charge in [-0.3, -0.25) is 9.59 Å². The molecule has 19 heavy (non-hydrogen) atoms. The highest BCUT2D eigenvalue weighted by atomic mass is 32.2. The van der Waals surface area contributed by atoms with Crippen molar-refractivity contribution in [3.8, 4) is 0 Å². The van der Waals surface area contributed by atoms with E-state index in [-0.39, 0.29) is 23.9 Å². The van der Waals surface area contributed by atoms with Crippen LogP contribution in [0.15, 0.2) is 0 Å². The highest BCUT2D eigenvalue weighted by Gasteiger charge is 2.20. The molecule has 6 heteroatoms. The molecule has 0 aromatic heterocycles. The molecule has 1 aliphatic rings. The maximum absolute atomic E-state index is 11.8. The molecule has 5 nitrogen and oxygen atoms in total. The van der Waals surface area contributed by atoms with Gasteiger partial charge in [-0.1, -0.05) is 6.92 Å². The quantitative estimate of drug-likeness (QED) is 0.665. The predicted octanol–water partition coefficient (Wildman–Crippen LogP) is 0.501. The lowest BCUT2D eigenvalue weighted by Crippen LogP contribution is -2.49. The van der Waals surface area contributed by atoms with Crippen molar-refractivity contribution in [1.29, 1.82) is 0 Å². The number of hydrogen-bond acceptors (Lipinski definition) is 4. The van der Waals surface area contributed by atoms with Crippen molar-refractivity contribution in [2.24, 2.45) is 0 Å². The predicted molar refractivity (Wildman–Crippen MR) is 79.2 cm³/mol. The zero-order valence-electron chi connectivity index (χ0n) is 12.0. The Kier molecular flexibility index (Phi) is 7.23. The van der Waals surface area contributed by atoms with Gasteiger partial charge in [-0.05, 0) is 20.3 Å². The van der Waals surface area contributed by atoms with Gasteiger partial charge in [0.05, 0.1) is 0 Å². The van der Waals surface area contributed by atoms with Gasteiger partial charge in [0, 0.05) is 36.6 Å². The number of thioether (sulfide) groups is 1. The Hall–Kier alpha value is -0.750. The van der Waals surface area contributed by atoms with Crippen LogP contribution in [0.1, 0.15) is 33.6 Å². The molecule has 0 aliphatic carbocycles. The lowest BCUT2D eigenvalue weighted by atomic mass is 10.2. The molecule has 3 unspecified atom stereocenters. The fourth-order valence-corrected chi connectivity index (χ4v) is 2.76. The van der Waals surface area contributed by atoms with Crippen LogP contribution >= 0.6 is 11.8 Å². The number of hydrogen-bond donors (Lipinski definition) is 3. The standard InChI is InChI=1S/C13H25N3O2S/c1-4-9(2)15-13(18)10(3)16-12(17)7-11-8-19-6-5-14-11/h9-11,14H,4-8H2,1-3H3,(H,15,18)(H,16,17). The minimum absolute atomic E-state index is 0.0631. The second kappa shape index (κ2) is 8.43. The summed E-state index contributed by atoms with van der Waals surface area (Å²) in [5.74, 6) is 1.88. The van der Waals surface area contributed by atoms with E-state index in [1.165, 1.54) is 0 Å². The summed E-state index contributed by atoms with van der Waals surface area (Å²) in [6.45, 7) is 6.64. The molecule has 1 fully saturated rings. The Morgan fingerprint density at radius 3 is 2.68 bits per heavy atom. The van der Waals surface area contributed by atoms with Crippen LogP contribution in [-0.4, -0.2) is 48.0 Å². The third kappa shape index (κ3) is 6.29. The first kappa shape index (κ1) is 16.3. The molecule has 1 rings (SSSR count). The Bertz CT molecular complexity index is 306. The van der Waals surface area contributed by atoms with Crippen LogP contribution in [-0.2, 0) is 9.59 Å². The summed E-state index contributed by atoms with van der Waals surface area (Å²) in [4.78, 5) is 23.6. The van der Waals surface area contributed by atoms with Crippen molar-refractivity contribution < 1.29 is 9.59 Å². The van der Waals surface area contributed by atoms with Gasteiger partial charge in [0.15, 0.2) is 0 Å². The van der Waals surface area contributed by atoms with E-state index in [2.05, 4.69) is 16.0 Å². The molecular weight excluding hydrogens is 262 g/mol. The SMILES string of the molecule is CCC(C)NC(=O)C(C)NC(=O)CC1CSCCN1. The monoisotopic (exact) mass is 287 g/mol. The minimum Gasteiger partial charge on any atom is -0.352 e. The molecule has 1 saturated heterocycles. The molecule has 0 saturated carbocycles. The number of rotatable bonds is 6. The fraction of sp³-hybridized carbons (Fsp3) is 0.846. The molecule has 110 valence electrons. The number of nitrogens with one attached hydrogen (secondary N) is 3. The van der Waals surface area contributed by atoms with Gasteiger partial charge >= 0.3 is 0 Å². The molecule has 2 amide bonds. The molecule has 0 bridgehead atoms. The summed E-state index contributed by atoms with van der Waals surface area (Å²) in [7, 11) is 0. The van der Waals surface area contributed by atoms with Crippen LogP contribution < -0.4 is 16.0 Å². The maximum atomic E-state index is 11.8. The lowest BCUT2D eigenvalue weighted by Gasteiger charge is -2.23. The van der Waals surface area contributed by atoms with Crippen molar-refractivity contribution in [1.82, 2.24) is 16.0 Å². The van der Waals surface area contributed by atoms with E-state index in [1.807, 2.05) is 25.6 Å². The molecule has 0 radical (unpaired) electrons. The molecule has 3 atom stereocenters. The molecule has 0 spiro atoms. The molecule has 3 N–H and O–H groups in total. The Labute approximate surface area is 119 Å². The molecule has 0 aromatic carbocycles. The second-order valence-electron chi connectivity index (χ2n) is 5.04. The molecule has 0 aromatic rings. The van der Waals surface area contributed by atoms with Gasteiger partial charge in [0.2, 0.25) is 11.8 Å². The van der Waals surface area contributed by atoms with E-state index in [1.54, 1.807) is 6.92 Å². The summed E-state index contributed by atoms with van der Waals surface area (Å²) in [6, 6.07) is -0.107. The third-order valence-corrected chi connectivity index (χ3v) is 4.33. The van der Waals surface area contributed by atoms with Gasteiger partial charge in [-0.2, -0.15) is 11.8 Å². The highest BCUT2D eigenvalue weighted by Crippen LogP contribution is 2.10. The van der Waals surface area contributed by atoms with Gasteiger partial charge in [0.1, 0.15) is 6.04 Å². The molecule has 1 aliphatic heterocycles. The molecular formula is C13H25N3O2S. The normalized spacial score (nSPS) is 22.4.